The van der Waals surface area contributed by atoms with Crippen molar-refractivity contribution in [2.45, 2.75) is 26.2 Å². The number of hydrogen-bond acceptors (Lipinski definition) is 5. The number of carbonyl (C=O) groups is 1. The van der Waals surface area contributed by atoms with Crippen LogP contribution in [0.25, 0.3) is 11.5 Å². The lowest BCUT2D eigenvalue weighted by Crippen LogP contribution is -2.14. The maximum absolute atomic E-state index is 12.3. The summed E-state index contributed by atoms with van der Waals surface area (Å²) in [5, 5.41) is 10.5. The van der Waals surface area contributed by atoms with Gasteiger partial charge in [0.2, 0.25) is 5.89 Å². The molecule has 0 radical (unpaired) electrons. The summed E-state index contributed by atoms with van der Waals surface area (Å²) in [6.45, 7) is 6.38. The molecule has 3 rings (SSSR count). The fourth-order valence-electron chi connectivity index (χ4n) is 2.41. The molecule has 134 valence electrons. The summed E-state index contributed by atoms with van der Waals surface area (Å²) in [7, 11) is 1.60. The molecule has 0 unspecified atom stereocenters. The molecule has 0 bridgehead atoms. The number of carbonyl (C=O) groups excluding carboxylic acids is 1. The van der Waals surface area contributed by atoms with Gasteiger partial charge in [0, 0.05) is 11.1 Å². The molecule has 0 aliphatic rings. The van der Waals surface area contributed by atoms with E-state index in [-0.39, 0.29) is 17.3 Å². The Kier molecular flexibility index (Phi) is 4.75. The number of nitrogens with one attached hydrogen (secondary N) is 1. The molecule has 0 spiro atoms. The first kappa shape index (κ1) is 17.7. The number of benzene rings is 2. The monoisotopic (exact) mass is 351 g/mol. The van der Waals surface area contributed by atoms with Crippen LogP contribution in [0, 0.1) is 0 Å². The van der Waals surface area contributed by atoms with Gasteiger partial charge in [-0.1, -0.05) is 38.0 Å². The van der Waals surface area contributed by atoms with Crippen molar-refractivity contribution in [3.63, 3.8) is 0 Å². The van der Waals surface area contributed by atoms with E-state index in [2.05, 4.69) is 36.3 Å². The maximum atomic E-state index is 12.3. The summed E-state index contributed by atoms with van der Waals surface area (Å²) in [5.74, 6) is 0.766. The molecule has 1 heterocycles. The van der Waals surface area contributed by atoms with Crippen LogP contribution in [0.5, 0.6) is 5.75 Å². The average Bonchev–Trinajstić information content (AvgIpc) is 3.09. The number of hydrogen-bond donors (Lipinski definition) is 1. The van der Waals surface area contributed by atoms with Gasteiger partial charge in [0.05, 0.1) is 7.11 Å². The lowest BCUT2D eigenvalue weighted by atomic mass is 9.87. The molecule has 1 N–H and O–H groups in total. The van der Waals surface area contributed by atoms with E-state index in [4.69, 9.17) is 9.15 Å². The predicted molar refractivity (Wildman–Crippen MR) is 99.4 cm³/mol. The second-order valence-corrected chi connectivity index (χ2v) is 6.92. The highest BCUT2D eigenvalue weighted by molar-refractivity contribution is 6.03. The molecule has 0 aliphatic heterocycles. The highest BCUT2D eigenvalue weighted by atomic mass is 16.5. The molecule has 1 aromatic heterocycles. The molecule has 6 heteroatoms. The van der Waals surface area contributed by atoms with Gasteiger partial charge in [0.15, 0.2) is 0 Å². The van der Waals surface area contributed by atoms with Gasteiger partial charge in [-0.05, 0) is 47.4 Å². The molecule has 3 aromatic rings. The summed E-state index contributed by atoms with van der Waals surface area (Å²) >= 11 is 0. The van der Waals surface area contributed by atoms with Crippen LogP contribution in [-0.2, 0) is 5.41 Å². The number of nitrogens with zero attached hydrogens (tertiary/aromatic N) is 2. The van der Waals surface area contributed by atoms with Gasteiger partial charge < -0.3 is 9.15 Å². The average molecular weight is 351 g/mol. The number of methoxy groups -OCH3 is 1. The normalized spacial score (nSPS) is 11.2. The molecule has 0 fully saturated rings. The number of rotatable bonds is 4. The van der Waals surface area contributed by atoms with Crippen LogP contribution in [0.15, 0.2) is 52.9 Å². The van der Waals surface area contributed by atoms with Crippen LogP contribution in [0.1, 0.15) is 36.7 Å². The first-order valence-electron chi connectivity index (χ1n) is 8.26. The van der Waals surface area contributed by atoms with E-state index >= 15 is 0 Å². The summed E-state index contributed by atoms with van der Waals surface area (Å²) in [4.78, 5) is 12.3. The Hall–Kier alpha value is -3.15. The number of ether oxygens (including phenoxy) is 1. The predicted octanol–water partition coefficient (Wildman–Crippen LogP) is 4.30. The lowest BCUT2D eigenvalue weighted by Gasteiger charge is -2.18. The molecular formula is C20H21N3O3. The number of amides is 1. The second kappa shape index (κ2) is 7.00. The van der Waals surface area contributed by atoms with E-state index in [1.807, 2.05) is 24.3 Å². The van der Waals surface area contributed by atoms with Crippen LogP contribution in [0.4, 0.5) is 6.01 Å². The van der Waals surface area contributed by atoms with Gasteiger partial charge in [0.1, 0.15) is 5.75 Å². The SMILES string of the molecule is COc1ccc(-c2nnc(NC(=O)c3ccc(C(C)(C)C)cc3)o2)cc1. The van der Waals surface area contributed by atoms with E-state index in [0.29, 0.717) is 11.5 Å². The van der Waals surface area contributed by atoms with Crippen molar-refractivity contribution in [3.8, 4) is 17.2 Å². The van der Waals surface area contributed by atoms with Crippen LogP contribution in [0.3, 0.4) is 0 Å². The minimum atomic E-state index is -0.296. The van der Waals surface area contributed by atoms with Crippen LogP contribution in [0.2, 0.25) is 0 Å². The largest absolute Gasteiger partial charge is 0.497 e. The van der Waals surface area contributed by atoms with Gasteiger partial charge in [-0.25, -0.2) is 0 Å². The standard InChI is InChI=1S/C20H21N3O3/c1-20(2,3)15-9-5-13(6-10-15)17(24)21-19-23-22-18(26-19)14-7-11-16(25-4)12-8-14/h5-12H,1-4H3,(H,21,23,24). The smallest absolute Gasteiger partial charge is 0.322 e. The van der Waals surface area contributed by atoms with E-state index in [1.165, 1.54) is 0 Å². The Morgan fingerprint density at radius 2 is 1.65 bits per heavy atom. The van der Waals surface area contributed by atoms with Gasteiger partial charge >= 0.3 is 6.01 Å². The van der Waals surface area contributed by atoms with Crippen molar-refractivity contribution in [3.05, 3.63) is 59.7 Å². The van der Waals surface area contributed by atoms with Crippen molar-refractivity contribution in [2.75, 3.05) is 12.4 Å². The zero-order chi connectivity index (χ0) is 18.7. The minimum absolute atomic E-state index is 0.0365. The highest BCUT2D eigenvalue weighted by Gasteiger charge is 2.16. The van der Waals surface area contributed by atoms with Crippen LogP contribution in [-0.4, -0.2) is 23.2 Å². The maximum Gasteiger partial charge on any atom is 0.322 e. The third kappa shape index (κ3) is 3.91. The third-order valence-corrected chi connectivity index (χ3v) is 4.00. The second-order valence-electron chi connectivity index (χ2n) is 6.92. The van der Waals surface area contributed by atoms with E-state index < -0.39 is 0 Å². The van der Waals surface area contributed by atoms with E-state index in [9.17, 15) is 4.79 Å². The molecule has 1 amide bonds. The molecule has 0 saturated carbocycles. The summed E-state index contributed by atoms with van der Waals surface area (Å²) < 4.78 is 10.6. The molecule has 0 aliphatic carbocycles. The van der Waals surface area contributed by atoms with Crippen LogP contribution >= 0.6 is 0 Å². The molecule has 2 aromatic carbocycles. The number of aromatic nitrogens is 2. The lowest BCUT2D eigenvalue weighted by molar-refractivity contribution is 0.102. The Morgan fingerprint density at radius 3 is 2.23 bits per heavy atom. The first-order chi connectivity index (χ1) is 12.4. The topological polar surface area (TPSA) is 77.3 Å². The third-order valence-electron chi connectivity index (χ3n) is 4.00. The quantitative estimate of drug-likeness (QED) is 0.758. The van der Waals surface area contributed by atoms with Gasteiger partial charge in [-0.3, -0.25) is 10.1 Å². The van der Waals surface area contributed by atoms with E-state index in [0.717, 1.165) is 16.9 Å². The number of anilines is 1. The molecule has 0 saturated heterocycles. The van der Waals surface area contributed by atoms with Crippen molar-refractivity contribution >= 4 is 11.9 Å². The summed E-state index contributed by atoms with van der Waals surface area (Å²) in [6, 6.07) is 14.8. The molecule has 0 atom stereocenters. The highest BCUT2D eigenvalue weighted by Crippen LogP contribution is 2.24. The zero-order valence-electron chi connectivity index (χ0n) is 15.2. The molecular weight excluding hydrogens is 330 g/mol. The fraction of sp³-hybridized carbons (Fsp3) is 0.250. The van der Waals surface area contributed by atoms with Gasteiger partial charge in [0.25, 0.3) is 5.91 Å². The van der Waals surface area contributed by atoms with Crippen molar-refractivity contribution < 1.29 is 13.9 Å². The van der Waals surface area contributed by atoms with Crippen molar-refractivity contribution in [1.82, 2.24) is 10.2 Å². The van der Waals surface area contributed by atoms with Crippen LogP contribution < -0.4 is 10.1 Å². The Bertz CT molecular complexity index is 891. The van der Waals surface area contributed by atoms with Crippen molar-refractivity contribution in [1.29, 1.82) is 0 Å². The summed E-state index contributed by atoms with van der Waals surface area (Å²) in [6.07, 6.45) is 0. The van der Waals surface area contributed by atoms with Gasteiger partial charge in [-0.2, -0.15) is 0 Å². The van der Waals surface area contributed by atoms with Gasteiger partial charge in [-0.15, -0.1) is 5.10 Å². The Morgan fingerprint density at radius 1 is 1.00 bits per heavy atom. The minimum Gasteiger partial charge on any atom is -0.497 e. The Balaban J connectivity index is 1.71. The summed E-state index contributed by atoms with van der Waals surface area (Å²) in [5.41, 5.74) is 2.47. The molecule has 6 nitrogen and oxygen atoms in total. The fourth-order valence-corrected chi connectivity index (χ4v) is 2.41. The molecule has 26 heavy (non-hydrogen) atoms. The van der Waals surface area contributed by atoms with Crippen molar-refractivity contribution in [2.24, 2.45) is 0 Å². The zero-order valence-corrected chi connectivity index (χ0v) is 15.2. The first-order valence-corrected chi connectivity index (χ1v) is 8.26. The Labute approximate surface area is 152 Å². The van der Waals surface area contributed by atoms with E-state index in [1.54, 1.807) is 31.4 Å².